The molecule has 2 rings (SSSR count). The Kier molecular flexibility index (Phi) is 3.74. The van der Waals surface area contributed by atoms with Crippen LogP contribution in [0.1, 0.15) is 17.5 Å². The van der Waals surface area contributed by atoms with Gasteiger partial charge < -0.3 is 5.11 Å². The molecule has 0 bridgehead atoms. The van der Waals surface area contributed by atoms with Crippen LogP contribution in [0.15, 0.2) is 46.6 Å². The van der Waals surface area contributed by atoms with Gasteiger partial charge in [-0.3, -0.25) is 4.99 Å². The number of aryl methyl sites for hydroxylation is 1. The second-order valence-electron chi connectivity index (χ2n) is 4.27. The molecular formula is C14H12F3NO. The molecule has 0 aliphatic heterocycles. The first-order valence-electron chi connectivity index (χ1n) is 5.71. The van der Waals surface area contributed by atoms with E-state index in [1.54, 1.807) is 25.1 Å². The molecule has 19 heavy (non-hydrogen) atoms. The van der Waals surface area contributed by atoms with Crippen molar-refractivity contribution >= 4 is 6.21 Å². The fourth-order valence-corrected chi connectivity index (χ4v) is 1.76. The number of phenolic OH excluding ortho intramolecular Hbond substituents is 1. The van der Waals surface area contributed by atoms with Crippen LogP contribution < -0.4 is 0 Å². The number of phenols is 1. The fourth-order valence-electron chi connectivity index (χ4n) is 1.76. The van der Waals surface area contributed by atoms with Crippen LogP contribution in [0.3, 0.4) is 0 Å². The van der Waals surface area contributed by atoms with Crippen LogP contribution in [0, 0.1) is 6.92 Å². The zero-order valence-electron chi connectivity index (χ0n) is 10.2. The highest BCUT2D eigenvalue weighted by Gasteiger charge is 2.23. The van der Waals surface area contributed by atoms with Gasteiger partial charge in [0.2, 0.25) is 0 Å². The van der Waals surface area contributed by atoms with E-state index in [1.807, 2.05) is 0 Å². The lowest BCUT2D eigenvalue weighted by atomic mass is 10.1. The maximum Gasteiger partial charge on any atom is 0.151 e. The van der Waals surface area contributed by atoms with E-state index in [0.717, 1.165) is 0 Å². The summed E-state index contributed by atoms with van der Waals surface area (Å²) in [7, 11) is 0. The van der Waals surface area contributed by atoms with Gasteiger partial charge in [-0.2, -0.15) is 0 Å². The number of halogens is 3. The molecule has 0 saturated heterocycles. The van der Waals surface area contributed by atoms with Gasteiger partial charge in [0, 0.05) is 24.3 Å². The molecule has 1 aliphatic carbocycles. The molecule has 1 atom stereocenters. The van der Waals surface area contributed by atoms with E-state index in [0.29, 0.717) is 17.2 Å². The molecule has 0 spiro atoms. The molecule has 100 valence electrons. The average Bonchev–Trinajstić information content (AvgIpc) is 2.33. The zero-order chi connectivity index (χ0) is 14.0. The highest BCUT2D eigenvalue weighted by molar-refractivity contribution is 5.84. The van der Waals surface area contributed by atoms with E-state index in [9.17, 15) is 18.3 Å². The van der Waals surface area contributed by atoms with Crippen molar-refractivity contribution in [3.8, 4) is 5.75 Å². The first-order valence-corrected chi connectivity index (χ1v) is 5.71. The first-order chi connectivity index (χ1) is 8.99. The third-order valence-corrected chi connectivity index (χ3v) is 2.81. The van der Waals surface area contributed by atoms with E-state index in [4.69, 9.17) is 0 Å². The Bertz CT molecular complexity index is 590. The zero-order valence-corrected chi connectivity index (χ0v) is 10.2. The molecule has 1 N–H and O–H groups in total. The Morgan fingerprint density at radius 3 is 2.79 bits per heavy atom. The summed E-state index contributed by atoms with van der Waals surface area (Å²) in [6.45, 7) is 1.70. The van der Waals surface area contributed by atoms with Crippen molar-refractivity contribution in [2.75, 3.05) is 0 Å². The standard InChI is InChI=1S/C14H12F3NO/c1-8-3-2-4-9(14(8)19)7-18-13-11(16)5-10(15)6-12(13)17/h2-5,7,12,19H,6H2,1H3. The predicted molar refractivity (Wildman–Crippen MR) is 67.3 cm³/mol. The number of hydrogen-bond donors (Lipinski definition) is 1. The Balaban J connectivity index is 2.33. The Morgan fingerprint density at radius 2 is 2.11 bits per heavy atom. The van der Waals surface area contributed by atoms with Crippen molar-refractivity contribution < 1.29 is 18.3 Å². The molecule has 1 aliphatic rings. The normalized spacial score (nSPS) is 20.0. The number of rotatable bonds is 2. The Morgan fingerprint density at radius 1 is 1.37 bits per heavy atom. The summed E-state index contributed by atoms with van der Waals surface area (Å²) in [5, 5.41) is 9.73. The van der Waals surface area contributed by atoms with Crippen LogP contribution in [0.2, 0.25) is 0 Å². The minimum Gasteiger partial charge on any atom is -0.507 e. The molecular weight excluding hydrogens is 255 g/mol. The summed E-state index contributed by atoms with van der Waals surface area (Å²) >= 11 is 0. The highest BCUT2D eigenvalue weighted by atomic mass is 19.2. The molecule has 0 fully saturated rings. The number of benzene rings is 1. The minimum atomic E-state index is -1.81. The van der Waals surface area contributed by atoms with Gasteiger partial charge in [-0.25, -0.2) is 13.2 Å². The van der Waals surface area contributed by atoms with Gasteiger partial charge in [-0.05, 0) is 18.6 Å². The molecule has 1 aromatic rings. The molecule has 0 heterocycles. The molecule has 0 radical (unpaired) electrons. The van der Waals surface area contributed by atoms with Crippen molar-refractivity contribution in [3.05, 3.63) is 52.8 Å². The van der Waals surface area contributed by atoms with E-state index < -0.39 is 29.9 Å². The number of aliphatic imine (C=N–C) groups is 1. The number of para-hydroxylation sites is 1. The monoisotopic (exact) mass is 267 g/mol. The van der Waals surface area contributed by atoms with Crippen LogP contribution >= 0.6 is 0 Å². The van der Waals surface area contributed by atoms with Crippen molar-refractivity contribution in [2.24, 2.45) is 4.99 Å². The second-order valence-corrected chi connectivity index (χ2v) is 4.27. The van der Waals surface area contributed by atoms with Crippen LogP contribution in [0.5, 0.6) is 5.75 Å². The molecule has 5 heteroatoms. The SMILES string of the molecule is Cc1cccc(C=NC2=C(F)C=C(F)CC2F)c1O. The van der Waals surface area contributed by atoms with Gasteiger partial charge in [-0.15, -0.1) is 0 Å². The third-order valence-electron chi connectivity index (χ3n) is 2.81. The number of alkyl halides is 1. The Labute approximate surface area is 108 Å². The molecule has 0 amide bonds. The van der Waals surface area contributed by atoms with Crippen LogP contribution in [-0.2, 0) is 0 Å². The summed E-state index contributed by atoms with van der Waals surface area (Å²) in [5.74, 6) is -1.87. The van der Waals surface area contributed by atoms with Gasteiger partial charge in [0.05, 0.1) is 0 Å². The molecule has 1 unspecified atom stereocenters. The molecule has 1 aromatic carbocycles. The van der Waals surface area contributed by atoms with Crippen molar-refractivity contribution in [3.63, 3.8) is 0 Å². The number of hydrogen-bond acceptors (Lipinski definition) is 2. The topological polar surface area (TPSA) is 32.6 Å². The summed E-state index contributed by atoms with van der Waals surface area (Å²) in [4.78, 5) is 3.69. The largest absolute Gasteiger partial charge is 0.507 e. The molecule has 0 aromatic heterocycles. The maximum absolute atomic E-state index is 13.5. The lowest BCUT2D eigenvalue weighted by Gasteiger charge is -2.12. The average molecular weight is 267 g/mol. The highest BCUT2D eigenvalue weighted by Crippen LogP contribution is 2.29. The summed E-state index contributed by atoms with van der Waals surface area (Å²) in [6.07, 6.45) is -0.534. The molecule has 2 nitrogen and oxygen atoms in total. The summed E-state index contributed by atoms with van der Waals surface area (Å²) in [5.41, 5.74) is 0.523. The lowest BCUT2D eigenvalue weighted by Crippen LogP contribution is -2.09. The molecule has 0 saturated carbocycles. The van der Waals surface area contributed by atoms with Crippen LogP contribution in [0.4, 0.5) is 13.2 Å². The van der Waals surface area contributed by atoms with E-state index >= 15 is 0 Å². The van der Waals surface area contributed by atoms with Crippen LogP contribution in [0.25, 0.3) is 0 Å². The van der Waals surface area contributed by atoms with Gasteiger partial charge in [-0.1, -0.05) is 12.1 Å². The second kappa shape index (κ2) is 5.30. The van der Waals surface area contributed by atoms with Crippen molar-refractivity contribution in [1.29, 1.82) is 0 Å². The summed E-state index contributed by atoms with van der Waals surface area (Å²) in [6, 6.07) is 4.95. The number of allylic oxidation sites excluding steroid dienone is 4. The van der Waals surface area contributed by atoms with Gasteiger partial charge in [0.25, 0.3) is 0 Å². The van der Waals surface area contributed by atoms with E-state index in [2.05, 4.69) is 4.99 Å². The Hall–Kier alpha value is -2.04. The third kappa shape index (κ3) is 2.86. The first kappa shape index (κ1) is 13.4. The number of aromatic hydroxyl groups is 1. The lowest BCUT2D eigenvalue weighted by molar-refractivity contribution is 0.339. The van der Waals surface area contributed by atoms with Gasteiger partial charge in [0.1, 0.15) is 23.1 Å². The van der Waals surface area contributed by atoms with E-state index in [-0.39, 0.29) is 5.75 Å². The minimum absolute atomic E-state index is 0.000184. The fraction of sp³-hybridized carbons (Fsp3) is 0.214. The predicted octanol–water partition coefficient (Wildman–Crippen LogP) is 3.90. The van der Waals surface area contributed by atoms with Crippen molar-refractivity contribution in [1.82, 2.24) is 0 Å². The number of nitrogens with zero attached hydrogens (tertiary/aromatic N) is 1. The summed E-state index contributed by atoms with van der Waals surface area (Å²) < 4.78 is 39.6. The quantitative estimate of drug-likeness (QED) is 0.810. The van der Waals surface area contributed by atoms with Gasteiger partial charge >= 0.3 is 0 Å². The maximum atomic E-state index is 13.5. The van der Waals surface area contributed by atoms with Crippen LogP contribution in [-0.4, -0.2) is 17.5 Å². The van der Waals surface area contributed by atoms with Gasteiger partial charge in [0.15, 0.2) is 6.17 Å². The van der Waals surface area contributed by atoms with E-state index in [1.165, 1.54) is 6.21 Å². The smallest absolute Gasteiger partial charge is 0.151 e. The van der Waals surface area contributed by atoms with Crippen molar-refractivity contribution in [2.45, 2.75) is 19.5 Å².